The number of aromatic nitrogens is 1. The number of rotatable bonds is 5. The number of hydrogen-bond donors (Lipinski definition) is 1. The molecule has 0 bridgehead atoms. The van der Waals surface area contributed by atoms with Gasteiger partial charge in [0.15, 0.2) is 0 Å². The van der Waals surface area contributed by atoms with E-state index in [1.807, 2.05) is 4.57 Å². The summed E-state index contributed by atoms with van der Waals surface area (Å²) in [4.78, 5) is 25.6. The molecule has 0 amide bonds. The van der Waals surface area contributed by atoms with Gasteiger partial charge in [-0.25, -0.2) is 9.18 Å². The molecule has 2 aliphatic carbocycles. The van der Waals surface area contributed by atoms with E-state index in [0.717, 1.165) is 44.9 Å². The second kappa shape index (κ2) is 8.64. The number of ether oxygens (including phenoxy) is 1. The normalized spacial score (nSPS) is 21.4. The van der Waals surface area contributed by atoms with Gasteiger partial charge in [0.1, 0.15) is 11.4 Å². The average molecular weight is 429 g/mol. The van der Waals surface area contributed by atoms with Crippen LogP contribution in [-0.4, -0.2) is 23.2 Å². The minimum atomic E-state index is -0.648. The largest absolute Gasteiger partial charge is 0.462 e. The molecule has 0 saturated heterocycles. The molecule has 2 aromatic rings. The van der Waals surface area contributed by atoms with Gasteiger partial charge in [0.25, 0.3) is 0 Å². The molecule has 1 aromatic carbocycles. The molecule has 6 heteroatoms. The van der Waals surface area contributed by atoms with Crippen molar-refractivity contribution in [1.29, 1.82) is 0 Å². The first-order valence-electron chi connectivity index (χ1n) is 11.6. The first-order valence-corrected chi connectivity index (χ1v) is 11.6. The fourth-order valence-corrected chi connectivity index (χ4v) is 5.24. The van der Waals surface area contributed by atoms with Crippen LogP contribution in [0.15, 0.2) is 23.1 Å². The lowest BCUT2D eigenvalue weighted by Gasteiger charge is -2.25. The lowest BCUT2D eigenvalue weighted by molar-refractivity contribution is 0.0524. The summed E-state index contributed by atoms with van der Waals surface area (Å²) in [7, 11) is 0. The molecule has 2 saturated carbocycles. The van der Waals surface area contributed by atoms with Gasteiger partial charge in [0.05, 0.1) is 17.8 Å². The minimum Gasteiger partial charge on any atom is -0.462 e. The summed E-state index contributed by atoms with van der Waals surface area (Å²) in [5.74, 6) is -1.10. The van der Waals surface area contributed by atoms with E-state index in [0.29, 0.717) is 11.2 Å². The van der Waals surface area contributed by atoms with Crippen molar-refractivity contribution in [3.05, 3.63) is 39.9 Å². The Labute approximate surface area is 183 Å². The van der Waals surface area contributed by atoms with Crippen LogP contribution in [0.25, 0.3) is 10.9 Å². The summed E-state index contributed by atoms with van der Waals surface area (Å²) >= 11 is 0. The Kier molecular flexibility index (Phi) is 6.09. The number of esters is 1. The van der Waals surface area contributed by atoms with Crippen molar-refractivity contribution < 1.29 is 13.9 Å². The highest BCUT2D eigenvalue weighted by molar-refractivity contribution is 5.94. The number of halogens is 1. The first kappa shape index (κ1) is 21.8. The number of pyridine rings is 1. The number of nitrogens with one attached hydrogen (secondary N) is 1. The van der Waals surface area contributed by atoms with E-state index in [2.05, 4.69) is 19.2 Å². The Hall–Kier alpha value is -2.37. The molecule has 31 heavy (non-hydrogen) atoms. The SMILES string of the molecule is CCOC(=O)c1cn(C2CCC(C)(C)C2)c2cc(NC3CCCCC3)c(F)cc2c1=O. The number of carbonyl (C=O) groups excluding carboxylic acids is 1. The maximum Gasteiger partial charge on any atom is 0.343 e. The average Bonchev–Trinajstić information content (AvgIpc) is 3.10. The van der Waals surface area contributed by atoms with Crippen LogP contribution in [0.5, 0.6) is 0 Å². The smallest absolute Gasteiger partial charge is 0.343 e. The third-order valence-electron chi connectivity index (χ3n) is 6.92. The van der Waals surface area contributed by atoms with Crippen LogP contribution in [0.1, 0.15) is 88.5 Å². The van der Waals surface area contributed by atoms with Gasteiger partial charge in [-0.05, 0) is 56.6 Å². The fourth-order valence-electron chi connectivity index (χ4n) is 5.24. The number of carbonyl (C=O) groups is 1. The third-order valence-corrected chi connectivity index (χ3v) is 6.92. The maximum absolute atomic E-state index is 15.0. The molecule has 168 valence electrons. The van der Waals surface area contributed by atoms with E-state index in [9.17, 15) is 9.59 Å². The van der Waals surface area contributed by atoms with Crippen molar-refractivity contribution in [2.45, 2.75) is 84.2 Å². The van der Waals surface area contributed by atoms with Gasteiger partial charge >= 0.3 is 5.97 Å². The highest BCUT2D eigenvalue weighted by Crippen LogP contribution is 2.44. The van der Waals surface area contributed by atoms with Gasteiger partial charge < -0.3 is 14.6 Å². The zero-order valence-corrected chi connectivity index (χ0v) is 18.8. The van der Waals surface area contributed by atoms with Crippen LogP contribution in [0.3, 0.4) is 0 Å². The number of nitrogens with zero attached hydrogens (tertiary/aromatic N) is 1. The number of hydrogen-bond acceptors (Lipinski definition) is 4. The first-order chi connectivity index (χ1) is 14.8. The Morgan fingerprint density at radius 1 is 1.23 bits per heavy atom. The molecule has 0 spiro atoms. The standard InChI is InChI=1S/C25H33FN2O3/c1-4-31-24(30)19-15-28(17-10-11-25(2,3)14-17)22-13-21(20(26)12-18(22)23(19)29)27-16-8-6-5-7-9-16/h12-13,15-17,27H,4-11,14H2,1-3H3. The van der Waals surface area contributed by atoms with E-state index in [1.54, 1.807) is 19.2 Å². The van der Waals surface area contributed by atoms with Gasteiger partial charge in [-0.1, -0.05) is 33.1 Å². The monoisotopic (exact) mass is 428 g/mol. The molecule has 1 aromatic heterocycles. The summed E-state index contributed by atoms with van der Waals surface area (Å²) in [5.41, 5.74) is 0.818. The Bertz CT molecular complexity index is 1040. The molecule has 2 fully saturated rings. The second-order valence-corrected chi connectivity index (χ2v) is 9.89. The molecule has 1 heterocycles. The summed E-state index contributed by atoms with van der Waals surface area (Å²) in [6.07, 6.45) is 10.2. The highest BCUT2D eigenvalue weighted by Gasteiger charge is 2.33. The predicted octanol–water partition coefficient (Wildman–Crippen LogP) is 5.81. The van der Waals surface area contributed by atoms with Crippen molar-refractivity contribution in [2.24, 2.45) is 5.41 Å². The van der Waals surface area contributed by atoms with Gasteiger partial charge in [0, 0.05) is 23.7 Å². The van der Waals surface area contributed by atoms with Crippen molar-refractivity contribution in [1.82, 2.24) is 4.57 Å². The van der Waals surface area contributed by atoms with E-state index >= 15 is 4.39 Å². The topological polar surface area (TPSA) is 60.3 Å². The molecule has 0 aliphatic heterocycles. The molecule has 1 atom stereocenters. The summed E-state index contributed by atoms with van der Waals surface area (Å²) < 4.78 is 22.2. The van der Waals surface area contributed by atoms with E-state index in [-0.39, 0.29) is 35.1 Å². The lowest BCUT2D eigenvalue weighted by Crippen LogP contribution is -2.24. The predicted molar refractivity (Wildman–Crippen MR) is 121 cm³/mol. The van der Waals surface area contributed by atoms with Gasteiger partial charge in [0.2, 0.25) is 5.43 Å². The van der Waals surface area contributed by atoms with Crippen LogP contribution in [0.2, 0.25) is 0 Å². The van der Waals surface area contributed by atoms with Crippen molar-refractivity contribution in [3.63, 3.8) is 0 Å². The summed E-state index contributed by atoms with van der Waals surface area (Å²) in [6, 6.07) is 3.47. The minimum absolute atomic E-state index is 0.0218. The molecule has 1 N–H and O–H groups in total. The van der Waals surface area contributed by atoms with Gasteiger partial charge in [-0.3, -0.25) is 4.79 Å². The van der Waals surface area contributed by atoms with Crippen LogP contribution in [0.4, 0.5) is 10.1 Å². The summed E-state index contributed by atoms with van der Waals surface area (Å²) in [5, 5.41) is 3.61. The van der Waals surface area contributed by atoms with E-state index in [1.165, 1.54) is 12.5 Å². The van der Waals surface area contributed by atoms with Gasteiger partial charge in [-0.15, -0.1) is 0 Å². The van der Waals surface area contributed by atoms with Crippen molar-refractivity contribution in [2.75, 3.05) is 11.9 Å². The van der Waals surface area contributed by atoms with Crippen molar-refractivity contribution >= 4 is 22.6 Å². The van der Waals surface area contributed by atoms with Gasteiger partial charge in [-0.2, -0.15) is 0 Å². The molecule has 4 rings (SSSR count). The molecule has 2 aliphatic rings. The zero-order chi connectivity index (χ0) is 22.2. The molecule has 1 unspecified atom stereocenters. The highest BCUT2D eigenvalue weighted by atomic mass is 19.1. The Morgan fingerprint density at radius 3 is 2.61 bits per heavy atom. The zero-order valence-electron chi connectivity index (χ0n) is 18.8. The van der Waals surface area contributed by atoms with Crippen LogP contribution in [0, 0.1) is 11.2 Å². The molecule has 0 radical (unpaired) electrons. The second-order valence-electron chi connectivity index (χ2n) is 9.89. The van der Waals surface area contributed by atoms with Crippen LogP contribution >= 0.6 is 0 Å². The quantitative estimate of drug-likeness (QED) is 0.610. The maximum atomic E-state index is 15.0. The Balaban J connectivity index is 1.84. The van der Waals surface area contributed by atoms with E-state index in [4.69, 9.17) is 4.74 Å². The van der Waals surface area contributed by atoms with Crippen LogP contribution in [-0.2, 0) is 4.74 Å². The fraction of sp³-hybridized carbons (Fsp3) is 0.600. The van der Waals surface area contributed by atoms with E-state index < -0.39 is 17.2 Å². The lowest BCUT2D eigenvalue weighted by atomic mass is 9.91. The number of anilines is 1. The van der Waals surface area contributed by atoms with Crippen LogP contribution < -0.4 is 10.7 Å². The van der Waals surface area contributed by atoms with Crippen molar-refractivity contribution in [3.8, 4) is 0 Å². The number of benzene rings is 1. The molecule has 5 nitrogen and oxygen atoms in total. The number of fused-ring (bicyclic) bond motifs is 1. The molecular weight excluding hydrogens is 395 g/mol. The third kappa shape index (κ3) is 4.48. The molecular formula is C25H33FN2O3. The Morgan fingerprint density at radius 2 is 1.97 bits per heavy atom. The summed E-state index contributed by atoms with van der Waals surface area (Å²) in [6.45, 7) is 6.37.